The molecule has 0 saturated heterocycles. The molecule has 0 fully saturated rings. The molecular formula is C21H20N2O4S. The molecule has 0 saturated carbocycles. The van der Waals surface area contributed by atoms with E-state index < -0.39 is 10.0 Å². The SMILES string of the molecule is Cc1ccccc1S(=O)(=O)Nc1ccc2c(c1)CCCN2C(=O)c1ccco1. The fraction of sp³-hybridized carbons (Fsp3) is 0.190. The molecule has 7 heteroatoms. The van der Waals surface area contributed by atoms with Gasteiger partial charge in [0.1, 0.15) is 0 Å². The van der Waals surface area contributed by atoms with Crippen molar-refractivity contribution in [1.82, 2.24) is 0 Å². The second kappa shape index (κ2) is 7.16. The van der Waals surface area contributed by atoms with Gasteiger partial charge in [-0.3, -0.25) is 9.52 Å². The van der Waals surface area contributed by atoms with Crippen LogP contribution in [0, 0.1) is 6.92 Å². The van der Waals surface area contributed by atoms with Gasteiger partial charge in [-0.2, -0.15) is 0 Å². The summed E-state index contributed by atoms with van der Waals surface area (Å²) < 4.78 is 33.3. The number of carbonyl (C=O) groups excluding carboxylic acids is 1. The average Bonchev–Trinajstić information content (AvgIpc) is 3.21. The summed E-state index contributed by atoms with van der Waals surface area (Å²) in [6, 6.07) is 15.4. The molecule has 6 nitrogen and oxygen atoms in total. The van der Waals surface area contributed by atoms with Gasteiger partial charge in [0.2, 0.25) is 0 Å². The summed E-state index contributed by atoms with van der Waals surface area (Å²) in [5, 5.41) is 0. The Morgan fingerprint density at radius 3 is 2.68 bits per heavy atom. The Morgan fingerprint density at radius 2 is 1.93 bits per heavy atom. The highest BCUT2D eigenvalue weighted by Crippen LogP contribution is 2.32. The zero-order valence-corrected chi connectivity index (χ0v) is 16.2. The third-order valence-corrected chi connectivity index (χ3v) is 6.35. The topological polar surface area (TPSA) is 79.6 Å². The van der Waals surface area contributed by atoms with Crippen LogP contribution in [0.2, 0.25) is 0 Å². The summed E-state index contributed by atoms with van der Waals surface area (Å²) in [4.78, 5) is 14.6. The lowest BCUT2D eigenvalue weighted by Gasteiger charge is -2.29. The number of benzene rings is 2. The van der Waals surface area contributed by atoms with E-state index in [1.807, 2.05) is 0 Å². The molecular weight excluding hydrogens is 376 g/mol. The highest BCUT2D eigenvalue weighted by molar-refractivity contribution is 7.92. The molecule has 0 bridgehead atoms. The zero-order valence-electron chi connectivity index (χ0n) is 15.4. The summed E-state index contributed by atoms with van der Waals surface area (Å²) in [5.41, 5.74) is 2.88. The molecule has 0 radical (unpaired) electrons. The molecule has 3 aromatic rings. The maximum atomic E-state index is 12.7. The van der Waals surface area contributed by atoms with E-state index in [0.717, 1.165) is 24.1 Å². The lowest BCUT2D eigenvalue weighted by atomic mass is 10.0. The van der Waals surface area contributed by atoms with Gasteiger partial charge in [-0.15, -0.1) is 0 Å². The van der Waals surface area contributed by atoms with Crippen LogP contribution in [-0.2, 0) is 16.4 Å². The number of nitrogens with zero attached hydrogens (tertiary/aromatic N) is 1. The van der Waals surface area contributed by atoms with E-state index >= 15 is 0 Å². The number of carbonyl (C=O) groups is 1. The summed E-state index contributed by atoms with van der Waals surface area (Å²) in [6.45, 7) is 2.36. The molecule has 1 aliphatic heterocycles. The van der Waals surface area contributed by atoms with Crippen molar-refractivity contribution >= 4 is 27.3 Å². The van der Waals surface area contributed by atoms with Crippen molar-refractivity contribution in [3.8, 4) is 0 Å². The lowest BCUT2D eigenvalue weighted by molar-refractivity contribution is 0.0958. The molecule has 1 aliphatic rings. The Labute approximate surface area is 163 Å². The maximum absolute atomic E-state index is 12.7. The fourth-order valence-electron chi connectivity index (χ4n) is 3.47. The Morgan fingerprint density at radius 1 is 1.11 bits per heavy atom. The highest BCUT2D eigenvalue weighted by atomic mass is 32.2. The van der Waals surface area contributed by atoms with Crippen LogP contribution in [0.1, 0.15) is 28.1 Å². The fourth-order valence-corrected chi connectivity index (χ4v) is 4.77. The van der Waals surface area contributed by atoms with E-state index in [0.29, 0.717) is 17.8 Å². The first-order valence-electron chi connectivity index (χ1n) is 9.02. The van der Waals surface area contributed by atoms with Crippen molar-refractivity contribution < 1.29 is 17.6 Å². The van der Waals surface area contributed by atoms with E-state index in [2.05, 4.69) is 4.72 Å². The van der Waals surface area contributed by atoms with Gasteiger partial charge < -0.3 is 9.32 Å². The summed E-state index contributed by atoms with van der Waals surface area (Å²) in [5.74, 6) is 0.0939. The lowest BCUT2D eigenvalue weighted by Crippen LogP contribution is -2.35. The van der Waals surface area contributed by atoms with Crippen molar-refractivity contribution in [3.63, 3.8) is 0 Å². The highest BCUT2D eigenvalue weighted by Gasteiger charge is 2.26. The molecule has 2 aromatic carbocycles. The number of rotatable bonds is 4. The van der Waals surface area contributed by atoms with Gasteiger partial charge in [-0.1, -0.05) is 18.2 Å². The molecule has 2 heterocycles. The number of anilines is 2. The Bertz CT molecular complexity index is 1120. The number of sulfonamides is 1. The molecule has 1 amide bonds. The largest absolute Gasteiger partial charge is 0.459 e. The molecule has 0 spiro atoms. The van der Waals surface area contributed by atoms with Crippen LogP contribution in [0.3, 0.4) is 0 Å². The first kappa shape index (κ1) is 18.3. The smallest absolute Gasteiger partial charge is 0.293 e. The molecule has 0 aliphatic carbocycles. The van der Waals surface area contributed by atoms with Crippen molar-refractivity contribution in [2.45, 2.75) is 24.7 Å². The number of hydrogen-bond acceptors (Lipinski definition) is 4. The minimum absolute atomic E-state index is 0.195. The van der Waals surface area contributed by atoms with Gasteiger partial charge in [-0.25, -0.2) is 8.42 Å². The second-order valence-electron chi connectivity index (χ2n) is 6.75. The monoisotopic (exact) mass is 396 g/mol. The predicted octanol–water partition coefficient (Wildman–Crippen LogP) is 3.98. The van der Waals surface area contributed by atoms with Crippen LogP contribution >= 0.6 is 0 Å². The number of hydrogen-bond donors (Lipinski definition) is 1. The molecule has 1 N–H and O–H groups in total. The third kappa shape index (κ3) is 3.41. The van der Waals surface area contributed by atoms with Crippen LogP contribution in [0.4, 0.5) is 11.4 Å². The number of fused-ring (bicyclic) bond motifs is 1. The van der Waals surface area contributed by atoms with Crippen LogP contribution in [-0.4, -0.2) is 20.9 Å². The minimum atomic E-state index is -3.68. The number of amides is 1. The van der Waals surface area contributed by atoms with Gasteiger partial charge in [-0.05, 0) is 67.3 Å². The molecule has 144 valence electrons. The summed E-state index contributed by atoms with van der Waals surface area (Å²) in [7, 11) is -3.68. The Kier molecular flexibility index (Phi) is 4.68. The van der Waals surface area contributed by atoms with Crippen LogP contribution < -0.4 is 9.62 Å². The van der Waals surface area contributed by atoms with E-state index in [-0.39, 0.29) is 16.6 Å². The van der Waals surface area contributed by atoms with Gasteiger partial charge in [0.05, 0.1) is 11.2 Å². The van der Waals surface area contributed by atoms with Crippen LogP contribution in [0.15, 0.2) is 70.2 Å². The van der Waals surface area contributed by atoms with Gasteiger partial charge in [0.15, 0.2) is 5.76 Å². The number of furan rings is 1. The van der Waals surface area contributed by atoms with Crippen LogP contribution in [0.25, 0.3) is 0 Å². The van der Waals surface area contributed by atoms with E-state index in [1.165, 1.54) is 6.26 Å². The normalized spacial score (nSPS) is 13.8. The van der Waals surface area contributed by atoms with Gasteiger partial charge in [0.25, 0.3) is 15.9 Å². The molecule has 4 rings (SSSR count). The quantitative estimate of drug-likeness (QED) is 0.723. The van der Waals surface area contributed by atoms with Gasteiger partial charge >= 0.3 is 0 Å². The van der Waals surface area contributed by atoms with E-state index in [9.17, 15) is 13.2 Å². The Hall–Kier alpha value is -3.06. The number of nitrogens with one attached hydrogen (secondary N) is 1. The molecule has 0 atom stereocenters. The van der Waals surface area contributed by atoms with Gasteiger partial charge in [0, 0.05) is 17.9 Å². The molecule has 1 aromatic heterocycles. The van der Waals surface area contributed by atoms with E-state index in [4.69, 9.17) is 4.42 Å². The third-order valence-electron chi connectivity index (χ3n) is 4.81. The molecule has 28 heavy (non-hydrogen) atoms. The first-order valence-corrected chi connectivity index (χ1v) is 10.5. The maximum Gasteiger partial charge on any atom is 0.293 e. The Balaban J connectivity index is 1.62. The van der Waals surface area contributed by atoms with Crippen LogP contribution in [0.5, 0.6) is 0 Å². The van der Waals surface area contributed by atoms with Crippen molar-refractivity contribution in [1.29, 1.82) is 0 Å². The standard InChI is InChI=1S/C21H20N2O4S/c1-15-6-2-3-9-20(15)28(25,26)22-17-10-11-18-16(14-17)7-4-12-23(18)21(24)19-8-5-13-27-19/h2-3,5-6,8-11,13-14,22H,4,7,12H2,1H3. The number of aryl methyl sites for hydroxylation is 2. The minimum Gasteiger partial charge on any atom is -0.459 e. The predicted molar refractivity (Wildman–Crippen MR) is 107 cm³/mol. The van der Waals surface area contributed by atoms with Crippen molar-refractivity contribution in [2.24, 2.45) is 0 Å². The van der Waals surface area contributed by atoms with Crippen molar-refractivity contribution in [2.75, 3.05) is 16.2 Å². The first-order chi connectivity index (χ1) is 13.5. The van der Waals surface area contributed by atoms with Crippen molar-refractivity contribution in [3.05, 3.63) is 77.7 Å². The molecule has 0 unspecified atom stereocenters. The average molecular weight is 396 g/mol. The second-order valence-corrected chi connectivity index (χ2v) is 8.40. The summed E-state index contributed by atoms with van der Waals surface area (Å²) in [6.07, 6.45) is 3.05. The summed E-state index contributed by atoms with van der Waals surface area (Å²) >= 11 is 0. The van der Waals surface area contributed by atoms with E-state index in [1.54, 1.807) is 66.4 Å². The zero-order chi connectivity index (χ0) is 19.7.